The average Bonchev–Trinajstić information content (AvgIpc) is 2.42. The lowest BCUT2D eigenvalue weighted by atomic mass is 9.96. The van der Waals surface area contributed by atoms with Gasteiger partial charge in [-0.2, -0.15) is 0 Å². The number of rotatable bonds is 5. The molecule has 21 heavy (non-hydrogen) atoms. The Morgan fingerprint density at radius 1 is 1.24 bits per heavy atom. The van der Waals surface area contributed by atoms with Gasteiger partial charge in [0.15, 0.2) is 0 Å². The largest absolute Gasteiger partial charge is 0.310 e. The monoisotopic (exact) mass is 369 g/mol. The maximum Gasteiger partial charge on any atom is 0.123 e. The van der Waals surface area contributed by atoms with Crippen LogP contribution >= 0.6 is 27.5 Å². The van der Waals surface area contributed by atoms with Crippen molar-refractivity contribution in [3.63, 3.8) is 0 Å². The molecule has 0 radical (unpaired) electrons. The van der Waals surface area contributed by atoms with Crippen LogP contribution in [0.2, 0.25) is 5.02 Å². The summed E-state index contributed by atoms with van der Waals surface area (Å²) in [7, 11) is 0. The third kappa shape index (κ3) is 4.29. The predicted molar refractivity (Wildman–Crippen MR) is 90.4 cm³/mol. The van der Waals surface area contributed by atoms with Gasteiger partial charge < -0.3 is 5.32 Å². The van der Waals surface area contributed by atoms with E-state index in [0.29, 0.717) is 5.02 Å². The van der Waals surface area contributed by atoms with Gasteiger partial charge in [-0.15, -0.1) is 0 Å². The minimum absolute atomic E-state index is 0.113. The molecule has 2 aromatic carbocycles. The van der Waals surface area contributed by atoms with Crippen LogP contribution in [-0.2, 0) is 6.42 Å². The zero-order valence-electron chi connectivity index (χ0n) is 12.1. The molecule has 0 spiro atoms. The highest BCUT2D eigenvalue weighted by molar-refractivity contribution is 9.10. The zero-order chi connectivity index (χ0) is 15.4. The lowest BCUT2D eigenvalue weighted by Gasteiger charge is -2.21. The van der Waals surface area contributed by atoms with E-state index in [9.17, 15) is 4.39 Å². The van der Waals surface area contributed by atoms with E-state index in [2.05, 4.69) is 28.2 Å². The lowest BCUT2D eigenvalue weighted by Crippen LogP contribution is -2.23. The minimum atomic E-state index is -0.193. The fourth-order valence-corrected chi connectivity index (χ4v) is 3.36. The van der Waals surface area contributed by atoms with Crippen molar-refractivity contribution in [3.05, 3.63) is 68.4 Å². The molecular weight excluding hydrogens is 353 g/mol. The van der Waals surface area contributed by atoms with Gasteiger partial charge in [0, 0.05) is 15.5 Å². The predicted octanol–water partition coefficient (Wildman–Crippen LogP) is 5.44. The quantitative estimate of drug-likeness (QED) is 0.738. The number of nitrogens with one attached hydrogen (secondary N) is 1. The van der Waals surface area contributed by atoms with Crippen molar-refractivity contribution in [3.8, 4) is 0 Å². The number of halogens is 3. The summed E-state index contributed by atoms with van der Waals surface area (Å²) in [6.07, 6.45) is 0.734. The number of likely N-dealkylation sites (N-methyl/N-ethyl adjacent to an activating group) is 1. The first-order valence-electron chi connectivity index (χ1n) is 6.94. The lowest BCUT2D eigenvalue weighted by molar-refractivity contribution is 0.543. The second-order valence-corrected chi connectivity index (χ2v) is 6.34. The highest BCUT2D eigenvalue weighted by Crippen LogP contribution is 2.29. The van der Waals surface area contributed by atoms with E-state index in [4.69, 9.17) is 11.6 Å². The molecule has 0 aliphatic carbocycles. The van der Waals surface area contributed by atoms with Gasteiger partial charge in [-0.1, -0.05) is 46.6 Å². The first-order chi connectivity index (χ1) is 10.0. The Hall–Kier alpha value is -0.900. The van der Waals surface area contributed by atoms with E-state index >= 15 is 0 Å². The van der Waals surface area contributed by atoms with E-state index in [1.165, 1.54) is 6.07 Å². The first kappa shape index (κ1) is 16.5. The molecule has 0 heterocycles. The van der Waals surface area contributed by atoms with Crippen LogP contribution in [0.25, 0.3) is 0 Å². The van der Waals surface area contributed by atoms with Crippen LogP contribution in [0.3, 0.4) is 0 Å². The van der Waals surface area contributed by atoms with Crippen molar-refractivity contribution in [2.24, 2.45) is 0 Å². The topological polar surface area (TPSA) is 12.0 Å². The zero-order valence-corrected chi connectivity index (χ0v) is 14.4. The van der Waals surface area contributed by atoms with Crippen molar-refractivity contribution in [1.82, 2.24) is 5.32 Å². The maximum absolute atomic E-state index is 13.5. The van der Waals surface area contributed by atoms with Crippen molar-refractivity contribution < 1.29 is 4.39 Å². The second-order valence-electron chi connectivity index (χ2n) is 5.05. The van der Waals surface area contributed by atoms with Crippen molar-refractivity contribution in [1.29, 1.82) is 0 Å². The molecule has 1 N–H and O–H groups in total. The number of aryl methyl sites for hydroxylation is 1. The molecule has 4 heteroatoms. The summed E-state index contributed by atoms with van der Waals surface area (Å²) in [6.45, 7) is 4.91. The molecule has 2 rings (SSSR count). The summed E-state index contributed by atoms with van der Waals surface area (Å²) in [5.74, 6) is -0.193. The summed E-state index contributed by atoms with van der Waals surface area (Å²) in [6, 6.07) is 10.8. The maximum atomic E-state index is 13.5. The van der Waals surface area contributed by atoms with Crippen LogP contribution in [0, 0.1) is 12.7 Å². The standard InChI is InChI=1S/C17H18BrClFN/c1-3-21-17(15-7-5-13(19)10-16(15)18)9-12-8-14(20)6-4-11(12)2/h4-8,10,17,21H,3,9H2,1-2H3. The van der Waals surface area contributed by atoms with Crippen LogP contribution in [0.15, 0.2) is 40.9 Å². The van der Waals surface area contributed by atoms with Gasteiger partial charge in [-0.05, 0) is 60.8 Å². The molecule has 1 nitrogen and oxygen atoms in total. The van der Waals surface area contributed by atoms with Crippen LogP contribution in [0.4, 0.5) is 4.39 Å². The Bertz CT molecular complexity index is 630. The van der Waals surface area contributed by atoms with Crippen molar-refractivity contribution >= 4 is 27.5 Å². The third-order valence-electron chi connectivity index (χ3n) is 3.52. The highest BCUT2D eigenvalue weighted by atomic mass is 79.9. The number of hydrogen-bond acceptors (Lipinski definition) is 1. The fourth-order valence-electron chi connectivity index (χ4n) is 2.40. The Morgan fingerprint density at radius 2 is 2.00 bits per heavy atom. The summed E-state index contributed by atoms with van der Waals surface area (Å²) in [5.41, 5.74) is 3.25. The van der Waals surface area contributed by atoms with Crippen molar-refractivity contribution in [2.45, 2.75) is 26.3 Å². The molecule has 0 fully saturated rings. The Labute approximate surface area is 138 Å². The van der Waals surface area contributed by atoms with Gasteiger partial charge in [0.1, 0.15) is 5.82 Å². The van der Waals surface area contributed by atoms with Crippen LogP contribution < -0.4 is 5.32 Å². The first-order valence-corrected chi connectivity index (χ1v) is 8.11. The third-order valence-corrected chi connectivity index (χ3v) is 4.45. The normalized spacial score (nSPS) is 12.4. The summed E-state index contributed by atoms with van der Waals surface area (Å²) in [5, 5.41) is 4.16. The molecule has 0 saturated carbocycles. The van der Waals surface area contributed by atoms with Gasteiger partial charge >= 0.3 is 0 Å². The molecular formula is C17H18BrClFN. The van der Waals surface area contributed by atoms with Gasteiger partial charge in [0.25, 0.3) is 0 Å². The molecule has 0 bridgehead atoms. The van der Waals surface area contributed by atoms with Crippen LogP contribution in [0.5, 0.6) is 0 Å². The second kappa shape index (κ2) is 7.39. The van der Waals surface area contributed by atoms with Gasteiger partial charge in [0.2, 0.25) is 0 Å². The highest BCUT2D eigenvalue weighted by Gasteiger charge is 2.16. The Morgan fingerprint density at radius 3 is 2.67 bits per heavy atom. The van der Waals surface area contributed by atoms with Gasteiger partial charge in [-0.3, -0.25) is 0 Å². The molecule has 112 valence electrons. The van der Waals surface area contributed by atoms with E-state index in [1.54, 1.807) is 6.07 Å². The Balaban J connectivity index is 2.32. The van der Waals surface area contributed by atoms with Gasteiger partial charge in [0.05, 0.1) is 0 Å². The van der Waals surface area contributed by atoms with Crippen molar-refractivity contribution in [2.75, 3.05) is 6.54 Å². The fraction of sp³-hybridized carbons (Fsp3) is 0.294. The average molecular weight is 371 g/mol. The van der Waals surface area contributed by atoms with Crippen LogP contribution in [0.1, 0.15) is 29.7 Å². The molecule has 0 amide bonds. The summed E-state index contributed by atoms with van der Waals surface area (Å²) >= 11 is 9.57. The minimum Gasteiger partial charge on any atom is -0.310 e. The van der Waals surface area contributed by atoms with Gasteiger partial charge in [-0.25, -0.2) is 4.39 Å². The van der Waals surface area contributed by atoms with E-state index in [-0.39, 0.29) is 11.9 Å². The molecule has 0 saturated heterocycles. The molecule has 0 aliphatic heterocycles. The van der Waals surface area contributed by atoms with Crippen LogP contribution in [-0.4, -0.2) is 6.54 Å². The smallest absolute Gasteiger partial charge is 0.123 e. The Kier molecular flexibility index (Phi) is 5.80. The number of hydrogen-bond donors (Lipinski definition) is 1. The molecule has 0 aliphatic rings. The summed E-state index contributed by atoms with van der Waals surface area (Å²) < 4.78 is 14.4. The SMILES string of the molecule is CCNC(Cc1cc(F)ccc1C)c1ccc(Cl)cc1Br. The summed E-state index contributed by atoms with van der Waals surface area (Å²) in [4.78, 5) is 0. The van der Waals surface area contributed by atoms with E-state index < -0.39 is 0 Å². The van der Waals surface area contributed by atoms with E-state index in [0.717, 1.165) is 34.1 Å². The number of benzene rings is 2. The van der Waals surface area contributed by atoms with E-state index in [1.807, 2.05) is 31.2 Å². The molecule has 1 atom stereocenters. The molecule has 2 aromatic rings. The molecule has 0 aromatic heterocycles. The molecule has 1 unspecified atom stereocenters.